The van der Waals surface area contributed by atoms with Crippen LogP contribution in [0.25, 0.3) is 61.2 Å². The van der Waals surface area contributed by atoms with Gasteiger partial charge < -0.3 is 0 Å². The van der Waals surface area contributed by atoms with E-state index in [1.807, 2.05) is 18.5 Å². The average molecular weight is 590 g/mol. The van der Waals surface area contributed by atoms with Gasteiger partial charge in [0, 0.05) is 41.2 Å². The first-order chi connectivity index (χ1) is 22.8. The normalized spacial score (nSPS) is 14.3. The number of hydrogen-bond donors (Lipinski definition) is 0. The molecule has 3 heteroatoms. The fraction of sp³-hybridized carbons (Fsp3) is 0.0465. The highest BCUT2D eigenvalue weighted by molar-refractivity contribution is 5.96. The van der Waals surface area contributed by atoms with E-state index < -0.39 is 0 Å². The summed E-state index contributed by atoms with van der Waals surface area (Å²) in [6.45, 7) is 0. The molecule has 3 nitrogen and oxygen atoms in total. The number of pyridine rings is 1. The fourth-order valence-corrected chi connectivity index (χ4v) is 6.38. The Morgan fingerprint density at radius 3 is 2.11 bits per heavy atom. The first kappa shape index (κ1) is 27.6. The van der Waals surface area contributed by atoms with Gasteiger partial charge in [-0.2, -0.15) is 0 Å². The monoisotopic (exact) mass is 589 g/mol. The minimum Gasteiger partial charge on any atom is -0.264 e. The zero-order valence-corrected chi connectivity index (χ0v) is 25.3. The van der Waals surface area contributed by atoms with Crippen molar-refractivity contribution in [3.63, 3.8) is 0 Å². The van der Waals surface area contributed by atoms with Crippen LogP contribution in [0.5, 0.6) is 0 Å². The molecule has 2 aromatic heterocycles. The minimum absolute atomic E-state index is 0.309. The first-order valence-electron chi connectivity index (χ1n) is 15.7. The van der Waals surface area contributed by atoms with E-state index in [0.29, 0.717) is 11.7 Å². The molecule has 1 unspecified atom stereocenters. The molecule has 2 heterocycles. The molecule has 0 fully saturated rings. The fourth-order valence-electron chi connectivity index (χ4n) is 6.38. The Kier molecular flexibility index (Phi) is 7.33. The summed E-state index contributed by atoms with van der Waals surface area (Å²) >= 11 is 0. The lowest BCUT2D eigenvalue weighted by molar-refractivity contribution is 0.857. The molecule has 218 valence electrons. The standard InChI is InChI=1S/C43H31N3/c1-2-9-30(10-3-1)36-13-6-14-37(27-36)41-29-45-43(46-42(41)34-22-18-31(19-23-34)38-15-8-26-44-28-38)35-24-20-33(21-25-35)40-17-7-12-32-11-4-5-16-39(32)40/h1-12,14-29,36H,13H2. The summed E-state index contributed by atoms with van der Waals surface area (Å²) < 4.78 is 0. The zero-order chi connectivity index (χ0) is 30.7. The second-order valence-electron chi connectivity index (χ2n) is 11.7. The van der Waals surface area contributed by atoms with Gasteiger partial charge in [0.2, 0.25) is 0 Å². The minimum atomic E-state index is 0.309. The van der Waals surface area contributed by atoms with Crippen molar-refractivity contribution in [2.45, 2.75) is 12.3 Å². The number of aromatic nitrogens is 3. The second-order valence-corrected chi connectivity index (χ2v) is 11.7. The van der Waals surface area contributed by atoms with E-state index >= 15 is 0 Å². The van der Waals surface area contributed by atoms with Gasteiger partial charge in [-0.3, -0.25) is 4.98 Å². The third-order valence-corrected chi connectivity index (χ3v) is 8.79. The van der Waals surface area contributed by atoms with Crippen molar-refractivity contribution in [2.24, 2.45) is 0 Å². The maximum atomic E-state index is 5.24. The molecule has 8 rings (SSSR count). The summed E-state index contributed by atoms with van der Waals surface area (Å²) in [4.78, 5) is 14.5. The van der Waals surface area contributed by atoms with Gasteiger partial charge in [-0.25, -0.2) is 9.97 Å². The highest BCUT2D eigenvalue weighted by Crippen LogP contribution is 2.37. The number of nitrogens with zero attached hydrogens (tertiary/aromatic N) is 3. The average Bonchev–Trinajstić information content (AvgIpc) is 3.15. The third-order valence-electron chi connectivity index (χ3n) is 8.79. The van der Waals surface area contributed by atoms with Crippen LogP contribution in [0.2, 0.25) is 0 Å². The van der Waals surface area contributed by atoms with Crippen LogP contribution >= 0.6 is 0 Å². The number of benzene rings is 5. The van der Waals surface area contributed by atoms with E-state index in [2.05, 4.69) is 151 Å². The van der Waals surface area contributed by atoms with Gasteiger partial charge in [0.25, 0.3) is 0 Å². The van der Waals surface area contributed by atoms with Crippen LogP contribution in [0.3, 0.4) is 0 Å². The number of rotatable bonds is 6. The van der Waals surface area contributed by atoms with Gasteiger partial charge in [0.1, 0.15) is 0 Å². The van der Waals surface area contributed by atoms with Gasteiger partial charge in [0.15, 0.2) is 5.82 Å². The molecule has 0 N–H and O–H groups in total. The van der Waals surface area contributed by atoms with Gasteiger partial charge in [-0.1, -0.05) is 146 Å². The molecule has 1 aliphatic rings. The molecule has 0 saturated heterocycles. The van der Waals surface area contributed by atoms with Crippen molar-refractivity contribution < 1.29 is 0 Å². The molecule has 46 heavy (non-hydrogen) atoms. The van der Waals surface area contributed by atoms with E-state index in [1.165, 1.54) is 27.5 Å². The highest BCUT2D eigenvalue weighted by atomic mass is 14.9. The molecule has 0 saturated carbocycles. The molecule has 0 spiro atoms. The Labute approximate surface area is 269 Å². The molecule has 5 aromatic carbocycles. The lowest BCUT2D eigenvalue weighted by Crippen LogP contribution is -2.02. The van der Waals surface area contributed by atoms with E-state index in [0.717, 1.165) is 45.5 Å². The quantitative estimate of drug-likeness (QED) is 0.194. The van der Waals surface area contributed by atoms with Crippen LogP contribution in [0.1, 0.15) is 23.5 Å². The largest absolute Gasteiger partial charge is 0.264 e. The summed E-state index contributed by atoms with van der Waals surface area (Å²) in [6, 6.07) is 47.0. The van der Waals surface area contributed by atoms with Crippen molar-refractivity contribution in [3.8, 4) is 44.9 Å². The Hall–Kier alpha value is -5.93. The number of allylic oxidation sites excluding steroid dienone is 4. The third kappa shape index (κ3) is 5.44. The first-order valence-corrected chi connectivity index (χ1v) is 15.7. The number of fused-ring (bicyclic) bond motifs is 1. The lowest BCUT2D eigenvalue weighted by Gasteiger charge is -2.19. The van der Waals surface area contributed by atoms with Gasteiger partial charge in [-0.05, 0) is 56.6 Å². The van der Waals surface area contributed by atoms with Crippen molar-refractivity contribution in [1.82, 2.24) is 15.0 Å². The molecule has 0 aliphatic heterocycles. The zero-order valence-electron chi connectivity index (χ0n) is 25.3. The van der Waals surface area contributed by atoms with E-state index in [-0.39, 0.29) is 0 Å². The van der Waals surface area contributed by atoms with Crippen molar-refractivity contribution in [3.05, 3.63) is 181 Å². The van der Waals surface area contributed by atoms with Gasteiger partial charge >= 0.3 is 0 Å². The predicted octanol–water partition coefficient (Wildman–Crippen LogP) is 10.8. The Bertz CT molecular complexity index is 2190. The highest BCUT2D eigenvalue weighted by Gasteiger charge is 2.18. The molecule has 1 atom stereocenters. The lowest BCUT2D eigenvalue weighted by atomic mass is 9.87. The van der Waals surface area contributed by atoms with E-state index in [9.17, 15) is 0 Å². The van der Waals surface area contributed by atoms with Crippen LogP contribution in [0, 0.1) is 0 Å². The van der Waals surface area contributed by atoms with Crippen LogP contribution in [-0.2, 0) is 0 Å². The maximum absolute atomic E-state index is 5.24. The van der Waals surface area contributed by atoms with E-state index in [4.69, 9.17) is 9.97 Å². The summed E-state index contributed by atoms with van der Waals surface area (Å²) in [5.41, 5.74) is 11.1. The van der Waals surface area contributed by atoms with Crippen LogP contribution in [0.15, 0.2) is 170 Å². The summed E-state index contributed by atoms with van der Waals surface area (Å²) in [5, 5.41) is 2.49. The Morgan fingerprint density at radius 2 is 1.28 bits per heavy atom. The summed E-state index contributed by atoms with van der Waals surface area (Å²) in [7, 11) is 0. The summed E-state index contributed by atoms with van der Waals surface area (Å²) in [5.74, 6) is 1.02. The second kappa shape index (κ2) is 12.2. The van der Waals surface area contributed by atoms with Crippen molar-refractivity contribution in [1.29, 1.82) is 0 Å². The van der Waals surface area contributed by atoms with Gasteiger partial charge in [0.05, 0.1) is 5.69 Å². The number of hydrogen-bond acceptors (Lipinski definition) is 3. The predicted molar refractivity (Wildman–Crippen MR) is 190 cm³/mol. The summed E-state index contributed by atoms with van der Waals surface area (Å²) in [6.07, 6.45) is 13.5. The van der Waals surface area contributed by atoms with E-state index in [1.54, 1.807) is 6.20 Å². The molecular formula is C43H31N3. The van der Waals surface area contributed by atoms with Crippen molar-refractivity contribution >= 4 is 16.3 Å². The molecule has 1 aliphatic carbocycles. The Morgan fingerprint density at radius 1 is 0.543 bits per heavy atom. The van der Waals surface area contributed by atoms with Crippen LogP contribution in [0.4, 0.5) is 0 Å². The van der Waals surface area contributed by atoms with Gasteiger partial charge in [-0.15, -0.1) is 0 Å². The SMILES string of the molecule is C1=CC(c2cnc(-c3ccc(-c4cccc5ccccc45)cc3)nc2-c2ccc(-c3cccnc3)cc2)=CC(c2ccccc2)C1. The smallest absolute Gasteiger partial charge is 0.159 e. The van der Waals surface area contributed by atoms with Crippen molar-refractivity contribution in [2.75, 3.05) is 0 Å². The molecule has 7 aromatic rings. The molecule has 0 radical (unpaired) electrons. The molecule has 0 amide bonds. The Balaban J connectivity index is 1.20. The van der Waals surface area contributed by atoms with Crippen LogP contribution < -0.4 is 0 Å². The molecular weight excluding hydrogens is 558 g/mol. The topological polar surface area (TPSA) is 38.7 Å². The maximum Gasteiger partial charge on any atom is 0.159 e. The molecule has 0 bridgehead atoms. The van der Waals surface area contributed by atoms with Crippen LogP contribution in [-0.4, -0.2) is 15.0 Å².